The summed E-state index contributed by atoms with van der Waals surface area (Å²) in [6.07, 6.45) is 2.24. The van der Waals surface area contributed by atoms with Crippen LogP contribution in [0.3, 0.4) is 0 Å². The summed E-state index contributed by atoms with van der Waals surface area (Å²) in [7, 11) is 0. The number of ether oxygens (including phenoxy) is 1. The lowest BCUT2D eigenvalue weighted by atomic mass is 10.2. The van der Waals surface area contributed by atoms with Crippen molar-refractivity contribution in [3.05, 3.63) is 16.7 Å². The van der Waals surface area contributed by atoms with Crippen molar-refractivity contribution in [2.24, 2.45) is 5.92 Å². The lowest BCUT2D eigenvalue weighted by Gasteiger charge is -2.31. The van der Waals surface area contributed by atoms with Crippen LogP contribution in [0.5, 0.6) is 0 Å². The van der Waals surface area contributed by atoms with Crippen LogP contribution in [-0.2, 0) is 9.53 Å². The van der Waals surface area contributed by atoms with Crippen LogP contribution in [-0.4, -0.2) is 44.6 Å². The Morgan fingerprint density at radius 3 is 3.00 bits per heavy atom. The molecule has 3 heterocycles. The number of carbonyl (C=O) groups excluding carboxylic acids is 1. The first-order valence-corrected chi connectivity index (χ1v) is 8.13. The SMILES string of the molecule is CC[C@@H]1CNC[C@H](n2cnc3c(=O)[nH]c(NC(=O)C(C)C)nc32)O1. The van der Waals surface area contributed by atoms with E-state index < -0.39 is 5.56 Å². The number of aromatic nitrogens is 4. The third-order valence-corrected chi connectivity index (χ3v) is 4.00. The van der Waals surface area contributed by atoms with E-state index in [0.29, 0.717) is 12.2 Å². The van der Waals surface area contributed by atoms with Gasteiger partial charge in [0.05, 0.1) is 12.4 Å². The molecular weight excluding hydrogens is 312 g/mol. The number of nitrogens with one attached hydrogen (secondary N) is 3. The zero-order valence-electron chi connectivity index (χ0n) is 14.0. The summed E-state index contributed by atoms with van der Waals surface area (Å²) in [6, 6.07) is 0. The van der Waals surface area contributed by atoms with Gasteiger partial charge in [0.15, 0.2) is 11.2 Å². The van der Waals surface area contributed by atoms with Gasteiger partial charge in [0, 0.05) is 19.0 Å². The second kappa shape index (κ2) is 6.70. The summed E-state index contributed by atoms with van der Waals surface area (Å²) >= 11 is 0. The average Bonchev–Trinajstić information content (AvgIpc) is 2.99. The zero-order chi connectivity index (χ0) is 17.3. The number of amides is 1. The van der Waals surface area contributed by atoms with Gasteiger partial charge >= 0.3 is 0 Å². The van der Waals surface area contributed by atoms with Gasteiger partial charge in [0.25, 0.3) is 5.56 Å². The molecule has 130 valence electrons. The minimum absolute atomic E-state index is 0.100. The van der Waals surface area contributed by atoms with Crippen molar-refractivity contribution in [1.29, 1.82) is 0 Å². The number of fused-ring (bicyclic) bond motifs is 1. The van der Waals surface area contributed by atoms with Gasteiger partial charge in [0.1, 0.15) is 6.23 Å². The van der Waals surface area contributed by atoms with E-state index in [1.807, 2.05) is 0 Å². The quantitative estimate of drug-likeness (QED) is 0.755. The highest BCUT2D eigenvalue weighted by atomic mass is 16.5. The van der Waals surface area contributed by atoms with E-state index in [1.54, 1.807) is 24.7 Å². The minimum atomic E-state index is -0.395. The molecule has 3 rings (SSSR count). The molecule has 1 amide bonds. The number of nitrogens with zero attached hydrogens (tertiary/aromatic N) is 3. The summed E-state index contributed by atoms with van der Waals surface area (Å²) in [4.78, 5) is 35.1. The summed E-state index contributed by atoms with van der Waals surface area (Å²) in [5.74, 6) is -0.318. The van der Waals surface area contributed by atoms with Crippen LogP contribution in [0.2, 0.25) is 0 Å². The lowest BCUT2D eigenvalue weighted by Crippen LogP contribution is -2.42. The third kappa shape index (κ3) is 3.17. The minimum Gasteiger partial charge on any atom is -0.352 e. The van der Waals surface area contributed by atoms with Crippen LogP contribution in [0, 0.1) is 5.92 Å². The molecule has 1 fully saturated rings. The molecule has 3 N–H and O–H groups in total. The van der Waals surface area contributed by atoms with Crippen molar-refractivity contribution in [3.8, 4) is 0 Å². The Morgan fingerprint density at radius 1 is 1.50 bits per heavy atom. The van der Waals surface area contributed by atoms with Crippen LogP contribution >= 0.6 is 0 Å². The number of rotatable bonds is 4. The fourth-order valence-electron chi connectivity index (χ4n) is 2.55. The van der Waals surface area contributed by atoms with Gasteiger partial charge < -0.3 is 10.1 Å². The topological polar surface area (TPSA) is 114 Å². The maximum Gasteiger partial charge on any atom is 0.280 e. The molecule has 0 unspecified atom stereocenters. The van der Waals surface area contributed by atoms with Gasteiger partial charge in [-0.2, -0.15) is 4.98 Å². The molecule has 1 aliphatic rings. The fraction of sp³-hybridized carbons (Fsp3) is 0.600. The number of anilines is 1. The Hall–Kier alpha value is -2.26. The molecule has 0 spiro atoms. The maximum atomic E-state index is 12.2. The van der Waals surface area contributed by atoms with Crippen LogP contribution in [0.1, 0.15) is 33.4 Å². The van der Waals surface area contributed by atoms with Gasteiger partial charge in [-0.05, 0) is 6.42 Å². The molecule has 0 aromatic carbocycles. The van der Waals surface area contributed by atoms with Gasteiger partial charge in [-0.25, -0.2) is 4.98 Å². The first-order valence-electron chi connectivity index (χ1n) is 8.13. The van der Waals surface area contributed by atoms with Crippen molar-refractivity contribution in [2.75, 3.05) is 18.4 Å². The molecule has 1 aliphatic heterocycles. The number of carbonyl (C=O) groups is 1. The molecular formula is C15H22N6O3. The van der Waals surface area contributed by atoms with E-state index in [0.717, 1.165) is 13.0 Å². The van der Waals surface area contributed by atoms with Gasteiger partial charge in [-0.15, -0.1) is 0 Å². The normalized spacial score (nSPS) is 21.3. The summed E-state index contributed by atoms with van der Waals surface area (Å²) in [5.41, 5.74) is 0.217. The Bertz CT molecular complexity index is 796. The number of aromatic amines is 1. The first-order chi connectivity index (χ1) is 11.5. The van der Waals surface area contributed by atoms with Crippen molar-refractivity contribution >= 4 is 23.0 Å². The smallest absolute Gasteiger partial charge is 0.280 e. The zero-order valence-corrected chi connectivity index (χ0v) is 14.0. The van der Waals surface area contributed by atoms with E-state index in [-0.39, 0.29) is 35.6 Å². The fourth-order valence-corrected chi connectivity index (χ4v) is 2.55. The molecule has 9 heteroatoms. The molecule has 2 aromatic heterocycles. The van der Waals surface area contributed by atoms with Crippen molar-refractivity contribution in [3.63, 3.8) is 0 Å². The van der Waals surface area contributed by atoms with E-state index in [9.17, 15) is 9.59 Å². The highest BCUT2D eigenvalue weighted by Gasteiger charge is 2.25. The predicted octanol–water partition coefficient (Wildman–Crippen LogP) is 0.611. The molecule has 2 atom stereocenters. The Balaban J connectivity index is 1.96. The molecule has 0 bridgehead atoms. The second-order valence-electron chi connectivity index (χ2n) is 6.16. The van der Waals surface area contributed by atoms with Gasteiger partial charge in [-0.1, -0.05) is 20.8 Å². The van der Waals surface area contributed by atoms with Crippen molar-refractivity contribution < 1.29 is 9.53 Å². The average molecular weight is 334 g/mol. The number of imidazole rings is 1. The van der Waals surface area contributed by atoms with E-state index in [4.69, 9.17) is 4.74 Å². The number of hydrogen-bond acceptors (Lipinski definition) is 6. The van der Waals surface area contributed by atoms with Crippen LogP contribution in [0.4, 0.5) is 5.95 Å². The number of hydrogen-bond donors (Lipinski definition) is 3. The molecule has 0 aliphatic carbocycles. The highest BCUT2D eigenvalue weighted by Crippen LogP contribution is 2.20. The molecule has 9 nitrogen and oxygen atoms in total. The summed E-state index contributed by atoms with van der Waals surface area (Å²) in [5, 5.41) is 5.92. The molecule has 2 aromatic rings. The highest BCUT2D eigenvalue weighted by molar-refractivity contribution is 5.91. The number of H-pyrrole nitrogens is 1. The monoisotopic (exact) mass is 334 g/mol. The van der Waals surface area contributed by atoms with Gasteiger partial charge in [0.2, 0.25) is 11.9 Å². The van der Waals surface area contributed by atoms with E-state index >= 15 is 0 Å². The third-order valence-electron chi connectivity index (χ3n) is 4.00. The molecule has 0 saturated carbocycles. The van der Waals surface area contributed by atoms with Crippen molar-refractivity contribution in [1.82, 2.24) is 24.8 Å². The molecule has 1 saturated heterocycles. The van der Waals surface area contributed by atoms with Crippen LogP contribution in [0.15, 0.2) is 11.1 Å². The Morgan fingerprint density at radius 2 is 2.29 bits per heavy atom. The second-order valence-corrected chi connectivity index (χ2v) is 6.16. The van der Waals surface area contributed by atoms with Crippen LogP contribution in [0.25, 0.3) is 11.2 Å². The largest absolute Gasteiger partial charge is 0.352 e. The Labute approximate surface area is 138 Å². The number of morpholine rings is 1. The standard InChI is InChI=1S/C15H22N6O3/c1-4-9-5-16-6-10(24-9)21-7-17-11-12(21)18-15(20-14(11)23)19-13(22)8(2)3/h7-10,16H,4-6H2,1-3H3,(H2,18,19,20,22,23)/t9-,10-/m1/s1. The molecule has 24 heavy (non-hydrogen) atoms. The molecule has 0 radical (unpaired) electrons. The van der Waals surface area contributed by atoms with Crippen molar-refractivity contribution in [2.45, 2.75) is 39.5 Å². The van der Waals surface area contributed by atoms with Crippen LogP contribution < -0.4 is 16.2 Å². The summed E-state index contributed by atoms with van der Waals surface area (Å²) < 4.78 is 7.73. The maximum absolute atomic E-state index is 12.2. The lowest BCUT2D eigenvalue weighted by molar-refractivity contribution is -0.118. The summed E-state index contributed by atoms with van der Waals surface area (Å²) in [6.45, 7) is 6.99. The van der Waals surface area contributed by atoms with E-state index in [2.05, 4.69) is 32.5 Å². The van der Waals surface area contributed by atoms with E-state index in [1.165, 1.54) is 0 Å². The van der Waals surface area contributed by atoms with Gasteiger partial charge in [-0.3, -0.25) is 24.5 Å². The predicted molar refractivity (Wildman–Crippen MR) is 88.7 cm³/mol. The first kappa shape index (κ1) is 16.6. The Kier molecular flexibility index (Phi) is 4.63.